The number of nitrogens with zero attached hydrogens (tertiary/aromatic N) is 3. The molecule has 0 radical (unpaired) electrons. The molecular weight excluding hydrogens is 338 g/mol. The Morgan fingerprint density at radius 2 is 1.81 bits per heavy atom. The van der Waals surface area contributed by atoms with Crippen LogP contribution in [0.15, 0.2) is 36.4 Å². The van der Waals surface area contributed by atoms with Gasteiger partial charge in [-0.15, -0.1) is 0 Å². The zero-order valence-corrected chi connectivity index (χ0v) is 15.9. The van der Waals surface area contributed by atoms with Gasteiger partial charge in [0, 0.05) is 43.9 Å². The second kappa shape index (κ2) is 9.15. The quantitative estimate of drug-likeness (QED) is 0.783. The van der Waals surface area contributed by atoms with Crippen LogP contribution >= 0.6 is 0 Å². The van der Waals surface area contributed by atoms with Crippen molar-refractivity contribution in [2.75, 3.05) is 50.0 Å². The topological polar surface area (TPSA) is 62.3 Å². The van der Waals surface area contributed by atoms with Crippen LogP contribution in [0.3, 0.4) is 0 Å². The average molecular weight is 367 g/mol. The summed E-state index contributed by atoms with van der Waals surface area (Å²) >= 11 is 0. The smallest absolute Gasteiger partial charge is 0.225 e. The van der Waals surface area contributed by atoms with Gasteiger partial charge in [0.1, 0.15) is 5.82 Å². The molecule has 1 aliphatic heterocycles. The van der Waals surface area contributed by atoms with E-state index < -0.39 is 0 Å². The summed E-state index contributed by atoms with van der Waals surface area (Å²) in [5.74, 6) is 1.62. The number of ether oxygens (including phenoxy) is 1. The van der Waals surface area contributed by atoms with E-state index in [-0.39, 0.29) is 0 Å². The molecule has 0 amide bonds. The summed E-state index contributed by atoms with van der Waals surface area (Å²) in [6, 6.07) is 12.9. The molecular formula is C21H29N5O. The Kier molecular flexibility index (Phi) is 6.17. The van der Waals surface area contributed by atoms with Gasteiger partial charge < -0.3 is 15.4 Å². The maximum atomic E-state index is 5.41. The van der Waals surface area contributed by atoms with Crippen molar-refractivity contribution in [1.29, 1.82) is 0 Å². The molecule has 0 spiro atoms. The first kappa shape index (κ1) is 18.2. The van der Waals surface area contributed by atoms with Crippen LogP contribution < -0.4 is 10.6 Å². The van der Waals surface area contributed by atoms with Crippen LogP contribution in [-0.2, 0) is 4.74 Å². The van der Waals surface area contributed by atoms with E-state index in [0.29, 0.717) is 12.0 Å². The predicted octanol–water partition coefficient (Wildman–Crippen LogP) is 3.24. The summed E-state index contributed by atoms with van der Waals surface area (Å²) in [5, 5.41) is 7.04. The number of benzene rings is 1. The second-order valence-corrected chi connectivity index (χ2v) is 7.33. The maximum absolute atomic E-state index is 5.41. The van der Waals surface area contributed by atoms with Crippen LogP contribution in [0, 0.1) is 0 Å². The monoisotopic (exact) mass is 367 g/mol. The zero-order chi connectivity index (χ0) is 18.3. The van der Waals surface area contributed by atoms with Crippen molar-refractivity contribution in [2.24, 2.45) is 0 Å². The van der Waals surface area contributed by atoms with Gasteiger partial charge in [0.15, 0.2) is 0 Å². The molecule has 1 saturated heterocycles. The maximum Gasteiger partial charge on any atom is 0.225 e. The number of hydrogen-bond donors (Lipinski definition) is 2. The third kappa shape index (κ3) is 5.17. The minimum absolute atomic E-state index is 0.532. The first-order valence-corrected chi connectivity index (χ1v) is 10.1. The lowest BCUT2D eigenvalue weighted by Gasteiger charge is -2.26. The molecule has 2 fully saturated rings. The highest BCUT2D eigenvalue weighted by molar-refractivity contribution is 5.64. The van der Waals surface area contributed by atoms with Gasteiger partial charge in [-0.25, -0.2) is 4.98 Å². The molecule has 2 heterocycles. The van der Waals surface area contributed by atoms with Crippen molar-refractivity contribution in [3.8, 4) is 11.3 Å². The summed E-state index contributed by atoms with van der Waals surface area (Å²) in [7, 11) is 0. The Balaban J connectivity index is 1.46. The Labute approximate surface area is 161 Å². The van der Waals surface area contributed by atoms with E-state index in [9.17, 15) is 0 Å². The Morgan fingerprint density at radius 3 is 2.59 bits per heavy atom. The van der Waals surface area contributed by atoms with Gasteiger partial charge in [0.25, 0.3) is 0 Å². The van der Waals surface area contributed by atoms with Crippen LogP contribution in [0.5, 0.6) is 0 Å². The van der Waals surface area contributed by atoms with E-state index in [1.165, 1.54) is 25.7 Å². The van der Waals surface area contributed by atoms with Gasteiger partial charge in [0.05, 0.1) is 18.9 Å². The molecule has 6 nitrogen and oxygen atoms in total. The van der Waals surface area contributed by atoms with Crippen molar-refractivity contribution in [3.05, 3.63) is 36.4 Å². The molecule has 1 saturated carbocycles. The summed E-state index contributed by atoms with van der Waals surface area (Å²) < 4.78 is 5.41. The highest BCUT2D eigenvalue weighted by Crippen LogP contribution is 2.25. The summed E-state index contributed by atoms with van der Waals surface area (Å²) in [4.78, 5) is 11.9. The molecule has 2 N–H and O–H groups in total. The Hall–Kier alpha value is -2.18. The van der Waals surface area contributed by atoms with Crippen LogP contribution in [0.2, 0.25) is 0 Å². The largest absolute Gasteiger partial charge is 0.379 e. The number of anilines is 2. The molecule has 4 rings (SSSR count). The van der Waals surface area contributed by atoms with Gasteiger partial charge in [-0.2, -0.15) is 4.98 Å². The van der Waals surface area contributed by atoms with E-state index in [2.05, 4.69) is 33.7 Å². The standard InChI is InChI=1S/C21H29N5O/c1-2-6-17(7-3-1)19-16-20(23-18-8-4-5-9-18)25-21(24-19)22-10-11-26-12-14-27-15-13-26/h1-3,6-7,16,18H,4-5,8-15H2,(H2,22,23,24,25). The molecule has 1 aromatic heterocycles. The summed E-state index contributed by atoms with van der Waals surface area (Å²) in [5.41, 5.74) is 2.07. The van der Waals surface area contributed by atoms with E-state index in [4.69, 9.17) is 14.7 Å². The second-order valence-electron chi connectivity index (χ2n) is 7.33. The first-order chi connectivity index (χ1) is 13.4. The molecule has 0 unspecified atom stereocenters. The van der Waals surface area contributed by atoms with Crippen molar-refractivity contribution in [2.45, 2.75) is 31.7 Å². The fourth-order valence-corrected chi connectivity index (χ4v) is 3.79. The first-order valence-electron chi connectivity index (χ1n) is 10.1. The lowest BCUT2D eigenvalue weighted by Crippen LogP contribution is -2.39. The number of hydrogen-bond acceptors (Lipinski definition) is 6. The van der Waals surface area contributed by atoms with Crippen LogP contribution in [-0.4, -0.2) is 60.3 Å². The van der Waals surface area contributed by atoms with E-state index in [1.54, 1.807) is 0 Å². The van der Waals surface area contributed by atoms with E-state index in [0.717, 1.165) is 56.5 Å². The lowest BCUT2D eigenvalue weighted by molar-refractivity contribution is 0.0398. The van der Waals surface area contributed by atoms with Crippen molar-refractivity contribution in [1.82, 2.24) is 14.9 Å². The van der Waals surface area contributed by atoms with Gasteiger partial charge in [-0.3, -0.25) is 4.90 Å². The number of nitrogens with one attached hydrogen (secondary N) is 2. The molecule has 6 heteroatoms. The third-order valence-electron chi connectivity index (χ3n) is 5.32. The average Bonchev–Trinajstić information content (AvgIpc) is 3.22. The summed E-state index contributed by atoms with van der Waals surface area (Å²) in [6.07, 6.45) is 5.06. The Bertz CT molecular complexity index is 712. The molecule has 2 aromatic rings. The van der Waals surface area contributed by atoms with Crippen LogP contribution in [0.1, 0.15) is 25.7 Å². The minimum atomic E-state index is 0.532. The number of morpholine rings is 1. The summed E-state index contributed by atoms with van der Waals surface area (Å²) in [6.45, 7) is 5.47. The predicted molar refractivity (Wildman–Crippen MR) is 109 cm³/mol. The normalized spacial score (nSPS) is 18.5. The van der Waals surface area contributed by atoms with Gasteiger partial charge in [-0.05, 0) is 12.8 Å². The fraction of sp³-hybridized carbons (Fsp3) is 0.524. The molecule has 27 heavy (non-hydrogen) atoms. The van der Waals surface area contributed by atoms with Crippen molar-refractivity contribution < 1.29 is 4.74 Å². The van der Waals surface area contributed by atoms with Crippen molar-refractivity contribution in [3.63, 3.8) is 0 Å². The van der Waals surface area contributed by atoms with E-state index in [1.807, 2.05) is 18.2 Å². The van der Waals surface area contributed by atoms with Gasteiger partial charge in [-0.1, -0.05) is 43.2 Å². The third-order valence-corrected chi connectivity index (χ3v) is 5.32. The number of aromatic nitrogens is 2. The highest BCUT2D eigenvalue weighted by Gasteiger charge is 2.16. The number of rotatable bonds is 7. The van der Waals surface area contributed by atoms with Crippen LogP contribution in [0.25, 0.3) is 11.3 Å². The molecule has 0 bridgehead atoms. The molecule has 1 aliphatic carbocycles. The van der Waals surface area contributed by atoms with Gasteiger partial charge >= 0.3 is 0 Å². The molecule has 144 valence electrons. The molecule has 2 aliphatic rings. The van der Waals surface area contributed by atoms with Crippen LogP contribution in [0.4, 0.5) is 11.8 Å². The van der Waals surface area contributed by atoms with Gasteiger partial charge in [0.2, 0.25) is 5.95 Å². The van der Waals surface area contributed by atoms with Crippen molar-refractivity contribution >= 4 is 11.8 Å². The zero-order valence-electron chi connectivity index (χ0n) is 15.9. The van der Waals surface area contributed by atoms with E-state index >= 15 is 0 Å². The molecule has 1 aromatic carbocycles. The molecule has 0 atom stereocenters. The fourth-order valence-electron chi connectivity index (χ4n) is 3.79. The lowest BCUT2D eigenvalue weighted by atomic mass is 10.1. The minimum Gasteiger partial charge on any atom is -0.379 e. The highest BCUT2D eigenvalue weighted by atomic mass is 16.5. The Morgan fingerprint density at radius 1 is 1.04 bits per heavy atom. The SMILES string of the molecule is c1ccc(-c2cc(NC3CCCC3)nc(NCCN3CCOCC3)n2)cc1.